The summed E-state index contributed by atoms with van der Waals surface area (Å²) in [5.41, 5.74) is 2.92. The molecule has 0 bridgehead atoms. The SMILES string of the molecule is CSCSc1nc(C(c2ccccc2)c2ccccc2)cc(=O)[nH]1. The van der Waals surface area contributed by atoms with Gasteiger partial charge in [0.1, 0.15) is 0 Å². The molecule has 1 heterocycles. The predicted molar refractivity (Wildman–Crippen MR) is 103 cm³/mol. The molecule has 5 heteroatoms. The van der Waals surface area contributed by atoms with Crippen LogP contribution >= 0.6 is 23.5 Å². The monoisotopic (exact) mass is 354 g/mol. The summed E-state index contributed by atoms with van der Waals surface area (Å²) in [7, 11) is 0. The lowest BCUT2D eigenvalue weighted by Gasteiger charge is -2.18. The molecule has 0 radical (unpaired) electrons. The Bertz CT molecular complexity index is 795. The lowest BCUT2D eigenvalue weighted by molar-refractivity contribution is 0.827. The van der Waals surface area contributed by atoms with E-state index in [4.69, 9.17) is 4.98 Å². The van der Waals surface area contributed by atoms with Crippen molar-refractivity contribution in [3.63, 3.8) is 0 Å². The minimum atomic E-state index is -0.111. The summed E-state index contributed by atoms with van der Waals surface area (Å²) in [6.45, 7) is 0. The zero-order valence-corrected chi connectivity index (χ0v) is 14.9. The van der Waals surface area contributed by atoms with Gasteiger partial charge in [-0.25, -0.2) is 4.98 Å². The highest BCUT2D eigenvalue weighted by atomic mass is 32.2. The van der Waals surface area contributed by atoms with E-state index in [0.717, 1.165) is 21.9 Å². The van der Waals surface area contributed by atoms with Crippen LogP contribution in [-0.2, 0) is 0 Å². The average Bonchev–Trinajstić information content (AvgIpc) is 2.62. The number of rotatable bonds is 6. The van der Waals surface area contributed by atoms with Gasteiger partial charge in [0, 0.05) is 11.2 Å². The predicted octanol–water partition coefficient (Wildman–Crippen LogP) is 4.36. The molecular weight excluding hydrogens is 336 g/mol. The van der Waals surface area contributed by atoms with Crippen molar-refractivity contribution in [1.29, 1.82) is 0 Å². The van der Waals surface area contributed by atoms with E-state index in [0.29, 0.717) is 5.16 Å². The van der Waals surface area contributed by atoms with Crippen molar-refractivity contribution in [3.05, 3.63) is 93.9 Å². The number of nitrogens with one attached hydrogen (secondary N) is 1. The Morgan fingerprint density at radius 3 is 2.12 bits per heavy atom. The normalized spacial score (nSPS) is 10.9. The molecule has 122 valence electrons. The smallest absolute Gasteiger partial charge is 0.251 e. The second-order valence-electron chi connectivity index (χ2n) is 5.28. The second-order valence-corrected chi connectivity index (χ2v) is 7.48. The van der Waals surface area contributed by atoms with Crippen LogP contribution in [0.15, 0.2) is 76.7 Å². The molecule has 0 aliphatic rings. The maximum Gasteiger partial charge on any atom is 0.251 e. The molecule has 0 fully saturated rings. The quantitative estimate of drug-likeness (QED) is 0.406. The zero-order valence-electron chi connectivity index (χ0n) is 13.3. The maximum atomic E-state index is 12.1. The van der Waals surface area contributed by atoms with E-state index in [2.05, 4.69) is 29.2 Å². The fraction of sp³-hybridized carbons (Fsp3) is 0.158. The van der Waals surface area contributed by atoms with Gasteiger partial charge in [-0.2, -0.15) is 11.8 Å². The van der Waals surface area contributed by atoms with Gasteiger partial charge < -0.3 is 4.98 Å². The van der Waals surface area contributed by atoms with Crippen molar-refractivity contribution in [3.8, 4) is 0 Å². The van der Waals surface area contributed by atoms with Gasteiger partial charge in [0.05, 0.1) is 11.6 Å². The van der Waals surface area contributed by atoms with Crippen molar-refractivity contribution in [1.82, 2.24) is 9.97 Å². The molecular formula is C19H18N2OS2. The standard InChI is InChI=1S/C19H18N2OS2/c1-23-13-24-19-20-16(12-17(22)21-19)18(14-8-4-2-5-9-14)15-10-6-3-7-11-15/h2-12,18H,13H2,1H3,(H,20,21,22). The summed E-state index contributed by atoms with van der Waals surface area (Å²) < 4.78 is 0. The Morgan fingerprint density at radius 1 is 1.00 bits per heavy atom. The lowest BCUT2D eigenvalue weighted by Crippen LogP contribution is -2.14. The second kappa shape index (κ2) is 8.22. The van der Waals surface area contributed by atoms with Crippen molar-refractivity contribution >= 4 is 23.5 Å². The van der Waals surface area contributed by atoms with Crippen LogP contribution < -0.4 is 5.56 Å². The van der Waals surface area contributed by atoms with Crippen LogP contribution in [0, 0.1) is 0 Å². The number of nitrogens with zero attached hydrogens (tertiary/aromatic N) is 1. The Balaban J connectivity index is 2.09. The lowest BCUT2D eigenvalue weighted by atomic mass is 9.88. The summed E-state index contributed by atoms with van der Waals surface area (Å²) >= 11 is 3.26. The number of aromatic nitrogens is 2. The van der Waals surface area contributed by atoms with Gasteiger partial charge in [-0.05, 0) is 17.4 Å². The van der Waals surface area contributed by atoms with Gasteiger partial charge in [0.2, 0.25) is 0 Å². The molecule has 0 atom stereocenters. The van der Waals surface area contributed by atoms with Crippen LogP contribution in [0.3, 0.4) is 0 Å². The van der Waals surface area contributed by atoms with Crippen LogP contribution in [-0.4, -0.2) is 21.3 Å². The van der Waals surface area contributed by atoms with Gasteiger partial charge >= 0.3 is 0 Å². The molecule has 1 aromatic heterocycles. The summed E-state index contributed by atoms with van der Waals surface area (Å²) in [5, 5.41) is 1.52. The Kier molecular flexibility index (Phi) is 5.77. The molecule has 0 unspecified atom stereocenters. The van der Waals surface area contributed by atoms with Crippen LogP contribution in [0.2, 0.25) is 0 Å². The number of thioether (sulfide) groups is 2. The fourth-order valence-corrected chi connectivity index (χ4v) is 3.87. The largest absolute Gasteiger partial charge is 0.301 e. The van der Waals surface area contributed by atoms with E-state index in [1.807, 2.05) is 42.7 Å². The Hall–Kier alpha value is -1.98. The molecule has 3 rings (SSSR count). The van der Waals surface area contributed by atoms with Gasteiger partial charge in [0.25, 0.3) is 5.56 Å². The van der Waals surface area contributed by atoms with Crippen molar-refractivity contribution in [2.24, 2.45) is 0 Å². The molecule has 3 aromatic rings. The number of hydrogen-bond acceptors (Lipinski definition) is 4. The van der Waals surface area contributed by atoms with E-state index < -0.39 is 0 Å². The van der Waals surface area contributed by atoms with Gasteiger partial charge in [-0.15, -0.1) is 0 Å². The first-order valence-electron chi connectivity index (χ1n) is 7.61. The third kappa shape index (κ3) is 4.10. The highest BCUT2D eigenvalue weighted by Gasteiger charge is 2.19. The molecule has 2 aromatic carbocycles. The van der Waals surface area contributed by atoms with Crippen molar-refractivity contribution in [2.45, 2.75) is 11.1 Å². The first-order valence-corrected chi connectivity index (χ1v) is 9.99. The molecule has 0 aliphatic heterocycles. The fourth-order valence-electron chi connectivity index (χ4n) is 2.61. The molecule has 3 nitrogen and oxygen atoms in total. The Labute approximate surface area is 149 Å². The first-order chi connectivity index (χ1) is 11.8. The summed E-state index contributed by atoms with van der Waals surface area (Å²) in [6, 6.07) is 22.0. The number of benzene rings is 2. The molecule has 0 amide bonds. The maximum absolute atomic E-state index is 12.1. The van der Waals surface area contributed by atoms with Gasteiger partial charge in [-0.3, -0.25) is 4.79 Å². The molecule has 0 saturated heterocycles. The molecule has 1 N–H and O–H groups in total. The molecule has 0 aliphatic carbocycles. The third-order valence-corrected chi connectivity index (χ3v) is 5.50. The van der Waals surface area contributed by atoms with E-state index >= 15 is 0 Å². The molecule has 0 saturated carbocycles. The Morgan fingerprint density at radius 2 is 1.58 bits per heavy atom. The summed E-state index contributed by atoms with van der Waals surface area (Å²) in [4.78, 5) is 19.7. The number of H-pyrrole nitrogens is 1. The minimum Gasteiger partial charge on any atom is -0.301 e. The van der Waals surface area contributed by atoms with Crippen LogP contribution in [0.4, 0.5) is 0 Å². The minimum absolute atomic E-state index is 0.0525. The summed E-state index contributed by atoms with van der Waals surface area (Å²) in [6.07, 6.45) is 2.03. The third-order valence-electron chi connectivity index (χ3n) is 3.61. The van der Waals surface area contributed by atoms with Crippen molar-refractivity contribution in [2.75, 3.05) is 11.3 Å². The topological polar surface area (TPSA) is 45.8 Å². The van der Waals surface area contributed by atoms with Gasteiger partial charge in [0.15, 0.2) is 5.16 Å². The molecule has 24 heavy (non-hydrogen) atoms. The summed E-state index contributed by atoms with van der Waals surface area (Å²) in [5.74, 6) is -0.0525. The van der Waals surface area contributed by atoms with Crippen LogP contribution in [0.25, 0.3) is 0 Å². The zero-order chi connectivity index (χ0) is 16.8. The molecule has 0 spiro atoms. The van der Waals surface area contributed by atoms with Crippen LogP contribution in [0.5, 0.6) is 0 Å². The first kappa shape index (κ1) is 16.9. The average molecular weight is 355 g/mol. The number of hydrogen-bond donors (Lipinski definition) is 1. The van der Waals surface area contributed by atoms with Crippen molar-refractivity contribution < 1.29 is 0 Å². The highest BCUT2D eigenvalue weighted by Crippen LogP contribution is 2.30. The van der Waals surface area contributed by atoms with Crippen LogP contribution in [0.1, 0.15) is 22.7 Å². The van der Waals surface area contributed by atoms with Gasteiger partial charge in [-0.1, -0.05) is 72.4 Å². The van der Waals surface area contributed by atoms with E-state index in [1.54, 1.807) is 29.6 Å². The van der Waals surface area contributed by atoms with E-state index in [1.165, 1.54) is 0 Å². The van der Waals surface area contributed by atoms with E-state index in [9.17, 15) is 4.79 Å². The van der Waals surface area contributed by atoms with E-state index in [-0.39, 0.29) is 11.5 Å². The number of aromatic amines is 1. The highest BCUT2D eigenvalue weighted by molar-refractivity contribution is 8.15.